The minimum atomic E-state index is -0.332. The number of amides is 1. The molecule has 0 aliphatic rings. The molecule has 1 rings (SSSR count). The summed E-state index contributed by atoms with van der Waals surface area (Å²) in [7, 11) is 0. The molecule has 0 saturated heterocycles. The maximum Gasteiger partial charge on any atom is 0.348 e. The van der Waals surface area contributed by atoms with Crippen molar-refractivity contribution in [3.8, 4) is 0 Å². The number of esters is 1. The second-order valence-corrected chi connectivity index (χ2v) is 6.68. The van der Waals surface area contributed by atoms with E-state index in [9.17, 15) is 9.59 Å². The van der Waals surface area contributed by atoms with Gasteiger partial charge < -0.3 is 10.1 Å². The molecule has 0 aliphatic heterocycles. The minimum Gasteiger partial charge on any atom is -0.462 e. The first-order valence-electron chi connectivity index (χ1n) is 6.30. The summed E-state index contributed by atoms with van der Waals surface area (Å²) in [5, 5.41) is 3.52. The molecule has 0 saturated carbocycles. The summed E-state index contributed by atoms with van der Waals surface area (Å²) in [4.78, 5) is 24.0. The van der Waals surface area contributed by atoms with E-state index in [1.54, 1.807) is 13.0 Å². The molecule has 0 aliphatic carbocycles. The Kier molecular flexibility index (Phi) is 5.11. The van der Waals surface area contributed by atoms with E-state index in [0.29, 0.717) is 22.9 Å². The van der Waals surface area contributed by atoms with Crippen LogP contribution >= 0.6 is 11.3 Å². The molecule has 0 unspecified atom stereocenters. The van der Waals surface area contributed by atoms with E-state index >= 15 is 0 Å². The highest BCUT2D eigenvalue weighted by atomic mass is 32.1. The molecule has 1 aromatic heterocycles. The SMILES string of the molecule is CCOC(=O)c1sc(NC(=O)CC(C)(C)C)cc1C. The quantitative estimate of drug-likeness (QED) is 0.859. The van der Waals surface area contributed by atoms with E-state index in [1.807, 2.05) is 27.7 Å². The van der Waals surface area contributed by atoms with Gasteiger partial charge in [-0.25, -0.2) is 4.79 Å². The van der Waals surface area contributed by atoms with Gasteiger partial charge in [-0.05, 0) is 30.9 Å². The van der Waals surface area contributed by atoms with Crippen molar-refractivity contribution in [3.05, 3.63) is 16.5 Å². The van der Waals surface area contributed by atoms with E-state index in [-0.39, 0.29) is 17.3 Å². The summed E-state index contributed by atoms with van der Waals surface area (Å²) < 4.78 is 4.97. The smallest absolute Gasteiger partial charge is 0.348 e. The number of carbonyl (C=O) groups excluding carboxylic acids is 2. The molecule has 19 heavy (non-hydrogen) atoms. The first-order chi connectivity index (χ1) is 8.73. The van der Waals surface area contributed by atoms with Crippen LogP contribution < -0.4 is 5.32 Å². The molecule has 0 radical (unpaired) electrons. The van der Waals surface area contributed by atoms with Crippen LogP contribution in [0.4, 0.5) is 5.00 Å². The predicted molar refractivity (Wildman–Crippen MR) is 77.7 cm³/mol. The minimum absolute atomic E-state index is 0.0378. The molecule has 0 aromatic carbocycles. The highest BCUT2D eigenvalue weighted by Crippen LogP contribution is 2.28. The van der Waals surface area contributed by atoms with Gasteiger partial charge in [-0.2, -0.15) is 0 Å². The van der Waals surface area contributed by atoms with Crippen molar-refractivity contribution in [1.82, 2.24) is 0 Å². The number of thiophene rings is 1. The maximum atomic E-state index is 11.8. The highest BCUT2D eigenvalue weighted by Gasteiger charge is 2.19. The Labute approximate surface area is 118 Å². The van der Waals surface area contributed by atoms with Gasteiger partial charge in [0.15, 0.2) is 0 Å². The van der Waals surface area contributed by atoms with Crippen LogP contribution in [-0.2, 0) is 9.53 Å². The Morgan fingerprint density at radius 2 is 2.00 bits per heavy atom. The average molecular weight is 283 g/mol. The Bertz CT molecular complexity index is 472. The lowest BCUT2D eigenvalue weighted by molar-refractivity contribution is -0.117. The van der Waals surface area contributed by atoms with Crippen molar-refractivity contribution in [2.24, 2.45) is 5.41 Å². The van der Waals surface area contributed by atoms with Crippen LogP contribution in [0.25, 0.3) is 0 Å². The normalized spacial score (nSPS) is 11.2. The van der Waals surface area contributed by atoms with E-state index in [0.717, 1.165) is 5.56 Å². The van der Waals surface area contributed by atoms with Crippen LogP contribution in [-0.4, -0.2) is 18.5 Å². The zero-order chi connectivity index (χ0) is 14.6. The van der Waals surface area contributed by atoms with Crippen LogP contribution in [0.3, 0.4) is 0 Å². The van der Waals surface area contributed by atoms with Gasteiger partial charge in [-0.3, -0.25) is 4.79 Å². The van der Waals surface area contributed by atoms with Crippen LogP contribution in [0.2, 0.25) is 0 Å². The second-order valence-electron chi connectivity index (χ2n) is 5.63. The number of rotatable bonds is 4. The summed E-state index contributed by atoms with van der Waals surface area (Å²) in [5.74, 6) is -0.370. The lowest BCUT2D eigenvalue weighted by Crippen LogP contribution is -2.19. The third-order valence-corrected chi connectivity index (χ3v) is 3.46. The molecular formula is C14H21NO3S. The number of carbonyl (C=O) groups is 2. The van der Waals surface area contributed by atoms with Gasteiger partial charge in [0, 0.05) is 6.42 Å². The number of hydrogen-bond acceptors (Lipinski definition) is 4. The summed E-state index contributed by atoms with van der Waals surface area (Å²) in [6.45, 7) is 9.99. The van der Waals surface area contributed by atoms with Crippen molar-refractivity contribution < 1.29 is 14.3 Å². The lowest BCUT2D eigenvalue weighted by atomic mass is 9.92. The van der Waals surface area contributed by atoms with Crippen molar-refractivity contribution in [1.29, 1.82) is 0 Å². The topological polar surface area (TPSA) is 55.4 Å². The second kappa shape index (κ2) is 6.19. The number of nitrogens with one attached hydrogen (secondary N) is 1. The average Bonchev–Trinajstić information content (AvgIpc) is 2.56. The Morgan fingerprint density at radius 1 is 1.37 bits per heavy atom. The third-order valence-electron chi connectivity index (χ3n) is 2.33. The van der Waals surface area contributed by atoms with Gasteiger partial charge in [0.2, 0.25) is 5.91 Å². The summed E-state index contributed by atoms with van der Waals surface area (Å²) >= 11 is 1.26. The Morgan fingerprint density at radius 3 is 2.53 bits per heavy atom. The summed E-state index contributed by atoms with van der Waals surface area (Å²) in [6, 6.07) is 1.80. The molecule has 4 nitrogen and oxygen atoms in total. The van der Waals surface area contributed by atoms with Gasteiger partial charge in [-0.15, -0.1) is 11.3 Å². The number of anilines is 1. The van der Waals surface area contributed by atoms with Gasteiger partial charge >= 0.3 is 5.97 Å². The number of hydrogen-bond donors (Lipinski definition) is 1. The van der Waals surface area contributed by atoms with Crippen LogP contribution in [0.15, 0.2) is 6.07 Å². The summed E-state index contributed by atoms with van der Waals surface area (Å²) in [6.07, 6.45) is 0.443. The van der Waals surface area contributed by atoms with Gasteiger partial charge in [0.1, 0.15) is 4.88 Å². The van der Waals surface area contributed by atoms with Gasteiger partial charge in [0.05, 0.1) is 11.6 Å². The van der Waals surface area contributed by atoms with Crippen LogP contribution in [0.5, 0.6) is 0 Å². The first-order valence-corrected chi connectivity index (χ1v) is 7.12. The van der Waals surface area contributed by atoms with E-state index in [2.05, 4.69) is 5.32 Å². The molecule has 1 aromatic rings. The molecule has 0 fully saturated rings. The van der Waals surface area contributed by atoms with E-state index in [1.165, 1.54) is 11.3 Å². The molecular weight excluding hydrogens is 262 g/mol. The van der Waals surface area contributed by atoms with Crippen LogP contribution in [0.1, 0.15) is 49.4 Å². The van der Waals surface area contributed by atoms with Gasteiger partial charge in [0.25, 0.3) is 0 Å². The number of ether oxygens (including phenoxy) is 1. The molecule has 5 heteroatoms. The molecule has 0 bridgehead atoms. The van der Waals surface area contributed by atoms with Gasteiger partial charge in [-0.1, -0.05) is 20.8 Å². The summed E-state index contributed by atoms with van der Waals surface area (Å²) in [5.41, 5.74) is 0.773. The lowest BCUT2D eigenvalue weighted by Gasteiger charge is -2.16. The predicted octanol–water partition coefficient (Wildman–Crippen LogP) is 3.61. The number of aryl methyl sites for hydroxylation is 1. The van der Waals surface area contributed by atoms with E-state index < -0.39 is 0 Å². The Hall–Kier alpha value is -1.36. The molecule has 0 spiro atoms. The van der Waals surface area contributed by atoms with Crippen molar-refractivity contribution in [2.45, 2.75) is 41.0 Å². The molecule has 0 atom stereocenters. The first kappa shape index (κ1) is 15.7. The van der Waals surface area contributed by atoms with Crippen molar-refractivity contribution >= 4 is 28.2 Å². The standard InChI is InChI=1S/C14H21NO3S/c1-6-18-13(17)12-9(2)7-11(19-12)15-10(16)8-14(3,4)5/h7H,6,8H2,1-5H3,(H,15,16). The van der Waals surface area contributed by atoms with Crippen molar-refractivity contribution in [2.75, 3.05) is 11.9 Å². The molecule has 1 heterocycles. The maximum absolute atomic E-state index is 11.8. The fourth-order valence-electron chi connectivity index (χ4n) is 1.61. The zero-order valence-corrected chi connectivity index (χ0v) is 12.9. The third kappa shape index (κ3) is 5.03. The zero-order valence-electron chi connectivity index (χ0n) is 12.1. The molecule has 1 N–H and O–H groups in total. The highest BCUT2D eigenvalue weighted by molar-refractivity contribution is 7.18. The van der Waals surface area contributed by atoms with Crippen molar-refractivity contribution in [3.63, 3.8) is 0 Å². The fourth-order valence-corrected chi connectivity index (χ4v) is 2.59. The molecule has 1 amide bonds. The van der Waals surface area contributed by atoms with E-state index in [4.69, 9.17) is 4.74 Å². The Balaban J connectivity index is 2.74. The fraction of sp³-hybridized carbons (Fsp3) is 0.571. The van der Waals surface area contributed by atoms with Crippen LogP contribution in [0, 0.1) is 12.3 Å². The molecule has 106 valence electrons. The largest absolute Gasteiger partial charge is 0.462 e. The monoisotopic (exact) mass is 283 g/mol.